The number of aryl methyl sites for hydroxylation is 1. The second kappa shape index (κ2) is 6.59. The highest BCUT2D eigenvalue weighted by atomic mass is 32.2. The first kappa shape index (κ1) is 17.7. The third-order valence-electron chi connectivity index (χ3n) is 5.51. The number of anilines is 1. The molecule has 0 radical (unpaired) electrons. The monoisotopic (exact) mass is 402 g/mol. The van der Waals surface area contributed by atoms with Crippen LogP contribution in [0.5, 0.6) is 11.5 Å². The van der Waals surface area contributed by atoms with Gasteiger partial charge in [0.15, 0.2) is 11.5 Å². The Morgan fingerprint density at radius 1 is 1.07 bits per heavy atom. The number of piperazine rings is 1. The van der Waals surface area contributed by atoms with E-state index in [0.29, 0.717) is 43.6 Å². The van der Waals surface area contributed by atoms with Crippen LogP contribution >= 0.6 is 0 Å². The van der Waals surface area contributed by atoms with Gasteiger partial charge in [0.1, 0.15) is 11.6 Å². The van der Waals surface area contributed by atoms with Crippen LogP contribution in [0, 0.1) is 6.92 Å². The van der Waals surface area contributed by atoms with E-state index >= 15 is 0 Å². The van der Waals surface area contributed by atoms with Crippen molar-refractivity contribution < 1.29 is 17.9 Å². The summed E-state index contributed by atoms with van der Waals surface area (Å²) < 4.78 is 39.5. The van der Waals surface area contributed by atoms with Crippen LogP contribution < -0.4 is 14.4 Å². The van der Waals surface area contributed by atoms with Crippen LogP contribution in [0.4, 0.5) is 5.82 Å². The molecule has 0 spiro atoms. The lowest BCUT2D eigenvalue weighted by molar-refractivity contribution is 0.0874. The molecule has 3 fully saturated rings. The van der Waals surface area contributed by atoms with Gasteiger partial charge in [0.05, 0.1) is 18.1 Å². The van der Waals surface area contributed by atoms with Gasteiger partial charge in [0.25, 0.3) is 0 Å². The lowest BCUT2D eigenvalue weighted by Gasteiger charge is -2.55. The highest BCUT2D eigenvalue weighted by Gasteiger charge is 2.51. The largest absolute Gasteiger partial charge is 0.490 e. The van der Waals surface area contributed by atoms with Crippen molar-refractivity contribution in [3.8, 4) is 11.5 Å². The van der Waals surface area contributed by atoms with Gasteiger partial charge < -0.3 is 14.4 Å². The Hall–Kier alpha value is -2.39. The molecule has 5 heterocycles. The number of sulfonamides is 1. The third kappa shape index (κ3) is 2.89. The van der Waals surface area contributed by atoms with Crippen LogP contribution in [-0.4, -0.2) is 61.1 Å². The summed E-state index contributed by atoms with van der Waals surface area (Å²) in [6, 6.07) is 6.68. The Kier molecular flexibility index (Phi) is 4.17. The van der Waals surface area contributed by atoms with E-state index in [-0.39, 0.29) is 17.0 Å². The molecule has 0 N–H and O–H groups in total. The fourth-order valence-corrected chi connectivity index (χ4v) is 6.03. The van der Waals surface area contributed by atoms with Gasteiger partial charge in [-0.3, -0.25) is 0 Å². The summed E-state index contributed by atoms with van der Waals surface area (Å²) in [5.41, 5.74) is 0. The Labute approximate surface area is 164 Å². The number of piperidine rings is 1. The van der Waals surface area contributed by atoms with E-state index in [1.54, 1.807) is 28.7 Å². The van der Waals surface area contributed by atoms with Crippen LogP contribution in [0.25, 0.3) is 0 Å². The molecule has 4 aliphatic heterocycles. The highest BCUT2D eigenvalue weighted by molar-refractivity contribution is 7.89. The normalized spacial score (nSPS) is 24.4. The predicted octanol–water partition coefficient (Wildman–Crippen LogP) is 1.60. The molecule has 0 saturated carbocycles. The molecule has 3 saturated heterocycles. The maximum Gasteiger partial charge on any atom is 0.243 e. The first-order chi connectivity index (χ1) is 13.5. The number of nitrogens with zero attached hydrogens (tertiary/aromatic N) is 4. The first-order valence-corrected chi connectivity index (χ1v) is 10.9. The molecule has 0 aliphatic carbocycles. The summed E-state index contributed by atoms with van der Waals surface area (Å²) in [6.45, 7) is 4.23. The van der Waals surface area contributed by atoms with Gasteiger partial charge in [-0.1, -0.05) is 0 Å². The molecule has 6 rings (SSSR count). The molecule has 0 amide bonds. The molecule has 9 heteroatoms. The maximum atomic E-state index is 13.3. The second-order valence-electron chi connectivity index (χ2n) is 7.40. The highest BCUT2D eigenvalue weighted by Crippen LogP contribution is 2.40. The zero-order chi connectivity index (χ0) is 19.3. The number of benzene rings is 1. The molecule has 1 aromatic carbocycles. The molecule has 2 aromatic rings. The summed E-state index contributed by atoms with van der Waals surface area (Å²) in [4.78, 5) is 11.0. The zero-order valence-electron chi connectivity index (χ0n) is 15.6. The molecule has 4 aliphatic rings. The summed E-state index contributed by atoms with van der Waals surface area (Å²) in [5, 5.41) is 0. The Balaban J connectivity index is 1.38. The number of aromatic nitrogens is 2. The number of rotatable bonds is 3. The SMILES string of the molecule is Cc1nccc(N2CC3CC(C2)N3S(=O)(=O)c2ccc3c(c2)OCCCO3)n1. The predicted molar refractivity (Wildman–Crippen MR) is 102 cm³/mol. The van der Waals surface area contributed by atoms with E-state index in [9.17, 15) is 8.42 Å². The van der Waals surface area contributed by atoms with Crippen molar-refractivity contribution >= 4 is 15.8 Å². The van der Waals surface area contributed by atoms with Crippen molar-refractivity contribution in [3.05, 3.63) is 36.3 Å². The van der Waals surface area contributed by atoms with Crippen molar-refractivity contribution in [3.63, 3.8) is 0 Å². The minimum Gasteiger partial charge on any atom is -0.490 e. The van der Waals surface area contributed by atoms with Crippen LogP contribution in [0.1, 0.15) is 18.7 Å². The second-order valence-corrected chi connectivity index (χ2v) is 9.25. The average Bonchev–Trinajstić information content (AvgIpc) is 2.92. The summed E-state index contributed by atoms with van der Waals surface area (Å²) in [6.07, 6.45) is 3.40. The minimum atomic E-state index is -3.58. The lowest BCUT2D eigenvalue weighted by Crippen LogP contribution is -2.70. The Morgan fingerprint density at radius 2 is 1.82 bits per heavy atom. The van der Waals surface area contributed by atoms with Gasteiger partial charge in [0, 0.05) is 43.9 Å². The number of hydrogen-bond donors (Lipinski definition) is 0. The Bertz CT molecular complexity index is 1000. The summed E-state index contributed by atoms with van der Waals surface area (Å²) in [5.74, 6) is 2.68. The fraction of sp³-hybridized carbons (Fsp3) is 0.474. The molecule has 2 bridgehead atoms. The molecule has 148 valence electrons. The van der Waals surface area contributed by atoms with Crippen molar-refractivity contribution in [1.82, 2.24) is 14.3 Å². The standard InChI is InChI=1S/C19H22N4O4S/c1-13-20-6-5-19(21-13)22-11-14-9-15(12-22)23(14)28(24,25)16-3-4-17-18(10-16)27-8-2-7-26-17/h3-6,10,14-15H,2,7-9,11-12H2,1H3. The fourth-order valence-electron chi connectivity index (χ4n) is 4.20. The van der Waals surface area contributed by atoms with E-state index in [0.717, 1.165) is 18.7 Å². The number of hydrogen-bond acceptors (Lipinski definition) is 7. The van der Waals surface area contributed by atoms with E-state index in [1.165, 1.54) is 0 Å². The van der Waals surface area contributed by atoms with Crippen LogP contribution in [-0.2, 0) is 10.0 Å². The van der Waals surface area contributed by atoms with Crippen LogP contribution in [0.2, 0.25) is 0 Å². The summed E-state index contributed by atoms with van der Waals surface area (Å²) >= 11 is 0. The molecule has 8 nitrogen and oxygen atoms in total. The van der Waals surface area contributed by atoms with E-state index in [2.05, 4.69) is 14.9 Å². The molecule has 28 heavy (non-hydrogen) atoms. The van der Waals surface area contributed by atoms with Crippen LogP contribution in [0.3, 0.4) is 0 Å². The first-order valence-electron chi connectivity index (χ1n) is 9.50. The lowest BCUT2D eigenvalue weighted by atomic mass is 9.91. The van der Waals surface area contributed by atoms with Crippen molar-refractivity contribution in [2.24, 2.45) is 0 Å². The van der Waals surface area contributed by atoms with E-state index < -0.39 is 10.0 Å². The molecular formula is C19H22N4O4S. The van der Waals surface area contributed by atoms with E-state index in [4.69, 9.17) is 9.47 Å². The van der Waals surface area contributed by atoms with Gasteiger partial charge in [-0.2, -0.15) is 4.31 Å². The molecule has 2 atom stereocenters. The Morgan fingerprint density at radius 3 is 2.57 bits per heavy atom. The third-order valence-corrected chi connectivity index (χ3v) is 7.51. The van der Waals surface area contributed by atoms with Crippen molar-refractivity contribution in [2.75, 3.05) is 31.2 Å². The molecule has 2 unspecified atom stereocenters. The van der Waals surface area contributed by atoms with Gasteiger partial charge in [-0.15, -0.1) is 0 Å². The van der Waals surface area contributed by atoms with Crippen molar-refractivity contribution in [1.29, 1.82) is 0 Å². The zero-order valence-corrected chi connectivity index (χ0v) is 16.4. The molecule has 1 aromatic heterocycles. The van der Waals surface area contributed by atoms with Crippen LogP contribution in [0.15, 0.2) is 35.4 Å². The number of fused-ring (bicyclic) bond motifs is 3. The quantitative estimate of drug-likeness (QED) is 0.771. The maximum absolute atomic E-state index is 13.3. The smallest absolute Gasteiger partial charge is 0.243 e. The van der Waals surface area contributed by atoms with Crippen molar-refractivity contribution in [2.45, 2.75) is 36.7 Å². The number of ether oxygens (including phenoxy) is 2. The summed E-state index contributed by atoms with van der Waals surface area (Å²) in [7, 11) is -3.58. The van der Waals surface area contributed by atoms with Gasteiger partial charge in [0.2, 0.25) is 10.0 Å². The van der Waals surface area contributed by atoms with E-state index in [1.807, 2.05) is 13.0 Å². The average molecular weight is 402 g/mol. The van der Waals surface area contributed by atoms with Gasteiger partial charge in [-0.25, -0.2) is 18.4 Å². The molecular weight excluding hydrogens is 380 g/mol. The topological polar surface area (TPSA) is 84.9 Å². The minimum absolute atomic E-state index is 0.0463. The van der Waals surface area contributed by atoms with Gasteiger partial charge >= 0.3 is 0 Å². The van der Waals surface area contributed by atoms with Gasteiger partial charge in [-0.05, 0) is 31.5 Å².